The van der Waals surface area contributed by atoms with Crippen LogP contribution < -0.4 is 12.4 Å². The summed E-state index contributed by atoms with van der Waals surface area (Å²) in [6.07, 6.45) is 0.0142. The lowest BCUT2D eigenvalue weighted by atomic mass is 9.99. The predicted molar refractivity (Wildman–Crippen MR) is 92.4 cm³/mol. The van der Waals surface area contributed by atoms with Crippen LogP contribution in [-0.4, -0.2) is 43.4 Å². The quantitative estimate of drug-likeness (QED) is 0.584. The van der Waals surface area contributed by atoms with Crippen LogP contribution in [0.15, 0.2) is 60.7 Å². The molecule has 1 fully saturated rings. The van der Waals surface area contributed by atoms with Crippen molar-refractivity contribution < 1.29 is 31.2 Å². The van der Waals surface area contributed by atoms with Crippen molar-refractivity contribution in [3.05, 3.63) is 71.8 Å². The lowest BCUT2D eigenvalue weighted by Gasteiger charge is -2.45. The SMILES string of the molecule is CC1C(c2ccccc2)OCC[N+]1(C)COC(=O)c1ccccc1.[Cl-]. The molecule has 0 amide bonds. The maximum Gasteiger partial charge on any atom is 0.342 e. The van der Waals surface area contributed by atoms with Gasteiger partial charge in [-0.3, -0.25) is 4.48 Å². The van der Waals surface area contributed by atoms with Gasteiger partial charge in [0.2, 0.25) is 6.73 Å². The summed E-state index contributed by atoms with van der Waals surface area (Å²) in [5.41, 5.74) is 1.76. The van der Waals surface area contributed by atoms with E-state index < -0.39 is 0 Å². The number of likely N-dealkylation sites (N-methyl/N-ethyl adjacent to an activating group) is 1. The van der Waals surface area contributed by atoms with Crippen LogP contribution in [0.5, 0.6) is 0 Å². The molecule has 1 heterocycles. The first-order valence-electron chi connectivity index (χ1n) is 8.33. The number of benzene rings is 2. The molecule has 1 aliphatic rings. The van der Waals surface area contributed by atoms with Crippen LogP contribution in [-0.2, 0) is 9.47 Å². The van der Waals surface area contributed by atoms with E-state index in [1.807, 2.05) is 36.4 Å². The van der Waals surface area contributed by atoms with Gasteiger partial charge in [-0.15, -0.1) is 0 Å². The van der Waals surface area contributed by atoms with Gasteiger partial charge in [0, 0.05) is 0 Å². The molecule has 0 aliphatic carbocycles. The fourth-order valence-electron chi connectivity index (χ4n) is 3.12. The average Bonchev–Trinajstić information content (AvgIpc) is 2.64. The maximum absolute atomic E-state index is 12.2. The Morgan fingerprint density at radius 3 is 2.36 bits per heavy atom. The number of morpholine rings is 1. The number of esters is 1. The van der Waals surface area contributed by atoms with Crippen molar-refractivity contribution in [3.8, 4) is 0 Å². The molecule has 3 atom stereocenters. The molecule has 0 bridgehead atoms. The van der Waals surface area contributed by atoms with Crippen LogP contribution in [0.2, 0.25) is 0 Å². The molecular weight excluding hydrogens is 338 g/mol. The highest BCUT2D eigenvalue weighted by Crippen LogP contribution is 2.32. The van der Waals surface area contributed by atoms with Gasteiger partial charge in [-0.1, -0.05) is 48.5 Å². The molecule has 2 aromatic rings. The monoisotopic (exact) mass is 361 g/mol. The zero-order valence-electron chi connectivity index (χ0n) is 14.6. The van der Waals surface area contributed by atoms with Gasteiger partial charge in [-0.2, -0.15) is 0 Å². The summed E-state index contributed by atoms with van der Waals surface area (Å²) in [4.78, 5) is 12.2. The Hall–Kier alpha value is -1.88. The van der Waals surface area contributed by atoms with Crippen molar-refractivity contribution in [3.63, 3.8) is 0 Å². The third-order valence-electron chi connectivity index (χ3n) is 4.95. The molecule has 1 aliphatic heterocycles. The van der Waals surface area contributed by atoms with Crippen molar-refractivity contribution in [2.45, 2.75) is 19.1 Å². The fourth-order valence-corrected chi connectivity index (χ4v) is 3.12. The standard InChI is InChI=1S/C20H24NO3.ClH/c1-16-19(17-9-5-3-6-10-17)23-14-13-21(16,2)15-24-20(22)18-11-7-4-8-12-18;/h3-12,16,19H,13-15H2,1-2H3;1H/q+1;/p-1. The molecule has 5 heteroatoms. The van der Waals surface area contributed by atoms with Gasteiger partial charge >= 0.3 is 5.97 Å². The van der Waals surface area contributed by atoms with E-state index in [4.69, 9.17) is 9.47 Å². The number of nitrogens with zero attached hydrogens (tertiary/aromatic N) is 1. The summed E-state index contributed by atoms with van der Waals surface area (Å²) in [7, 11) is 2.13. The minimum absolute atomic E-state index is 0. The average molecular weight is 362 g/mol. The van der Waals surface area contributed by atoms with Crippen LogP contribution in [0.4, 0.5) is 0 Å². The Morgan fingerprint density at radius 2 is 1.72 bits per heavy atom. The topological polar surface area (TPSA) is 35.5 Å². The van der Waals surface area contributed by atoms with Crippen molar-refractivity contribution in [2.24, 2.45) is 0 Å². The summed E-state index contributed by atoms with van der Waals surface area (Å²) < 4.78 is 12.3. The first-order chi connectivity index (χ1) is 11.6. The second-order valence-electron chi connectivity index (χ2n) is 6.57. The molecular formula is C20H24ClNO3. The fraction of sp³-hybridized carbons (Fsp3) is 0.350. The van der Waals surface area contributed by atoms with E-state index in [0.29, 0.717) is 23.4 Å². The molecule has 3 unspecified atom stereocenters. The smallest absolute Gasteiger partial charge is 0.342 e. The summed E-state index contributed by atoms with van der Waals surface area (Å²) in [5.74, 6) is -0.273. The van der Waals surface area contributed by atoms with Gasteiger partial charge < -0.3 is 21.9 Å². The third kappa shape index (κ3) is 4.40. The second kappa shape index (κ2) is 8.48. The van der Waals surface area contributed by atoms with Gasteiger partial charge in [0.25, 0.3) is 0 Å². The molecule has 2 aromatic carbocycles. The molecule has 134 valence electrons. The van der Waals surface area contributed by atoms with Crippen molar-refractivity contribution in [1.82, 2.24) is 0 Å². The summed E-state index contributed by atoms with van der Waals surface area (Å²) >= 11 is 0. The molecule has 0 aromatic heterocycles. The summed E-state index contributed by atoms with van der Waals surface area (Å²) in [6, 6.07) is 19.6. The molecule has 25 heavy (non-hydrogen) atoms. The van der Waals surface area contributed by atoms with Crippen LogP contribution in [0.3, 0.4) is 0 Å². The minimum Gasteiger partial charge on any atom is -1.00 e. The van der Waals surface area contributed by atoms with Crippen molar-refractivity contribution in [2.75, 3.05) is 26.9 Å². The molecule has 4 nitrogen and oxygen atoms in total. The molecule has 0 N–H and O–H groups in total. The largest absolute Gasteiger partial charge is 1.00 e. The van der Waals surface area contributed by atoms with Gasteiger partial charge in [0.1, 0.15) is 18.7 Å². The Balaban J connectivity index is 0.00000225. The lowest BCUT2D eigenvalue weighted by Crippen LogP contribution is -3.00. The lowest BCUT2D eigenvalue weighted by molar-refractivity contribution is -0.958. The number of hydrogen-bond donors (Lipinski definition) is 0. The van der Waals surface area contributed by atoms with E-state index in [-0.39, 0.29) is 30.5 Å². The summed E-state index contributed by atoms with van der Waals surface area (Å²) in [5, 5.41) is 0. The van der Waals surface area contributed by atoms with Crippen LogP contribution in [0.25, 0.3) is 0 Å². The van der Waals surface area contributed by atoms with Gasteiger partial charge in [0.05, 0.1) is 19.2 Å². The highest BCUT2D eigenvalue weighted by atomic mass is 35.5. The zero-order chi connectivity index (χ0) is 17.0. The normalized spacial score (nSPS) is 25.7. The Morgan fingerprint density at radius 1 is 1.12 bits per heavy atom. The molecule has 0 spiro atoms. The number of carbonyl (C=O) groups excluding carboxylic acids is 1. The number of carbonyl (C=O) groups is 1. The first kappa shape index (κ1) is 19.4. The van der Waals surface area contributed by atoms with E-state index in [1.54, 1.807) is 12.1 Å². The predicted octanol–water partition coefficient (Wildman–Crippen LogP) is 0.412. The van der Waals surface area contributed by atoms with E-state index in [0.717, 1.165) is 6.54 Å². The number of ether oxygens (including phenoxy) is 2. The van der Waals surface area contributed by atoms with Gasteiger partial charge in [0.15, 0.2) is 0 Å². The Bertz CT molecular complexity index is 680. The van der Waals surface area contributed by atoms with Gasteiger partial charge in [-0.25, -0.2) is 4.79 Å². The number of quaternary nitrogens is 1. The summed E-state index contributed by atoms with van der Waals surface area (Å²) in [6.45, 7) is 3.99. The molecule has 0 radical (unpaired) electrons. The Kier molecular flexibility index (Phi) is 6.59. The third-order valence-corrected chi connectivity index (χ3v) is 4.95. The highest BCUT2D eigenvalue weighted by molar-refractivity contribution is 5.89. The van der Waals surface area contributed by atoms with Crippen molar-refractivity contribution >= 4 is 5.97 Å². The number of halogens is 1. The Labute approximate surface area is 155 Å². The minimum atomic E-state index is -0.273. The maximum atomic E-state index is 12.2. The van der Waals surface area contributed by atoms with E-state index >= 15 is 0 Å². The van der Waals surface area contributed by atoms with Crippen LogP contribution in [0, 0.1) is 0 Å². The van der Waals surface area contributed by atoms with E-state index in [9.17, 15) is 4.79 Å². The zero-order valence-corrected chi connectivity index (χ0v) is 15.4. The van der Waals surface area contributed by atoms with Gasteiger partial charge in [-0.05, 0) is 24.6 Å². The van der Waals surface area contributed by atoms with Crippen LogP contribution in [0.1, 0.15) is 28.9 Å². The number of hydrogen-bond acceptors (Lipinski definition) is 3. The van der Waals surface area contributed by atoms with Crippen LogP contribution >= 0.6 is 0 Å². The molecule has 3 rings (SSSR count). The molecule has 1 saturated heterocycles. The molecule has 0 saturated carbocycles. The number of rotatable bonds is 4. The van der Waals surface area contributed by atoms with E-state index in [2.05, 4.69) is 26.1 Å². The highest BCUT2D eigenvalue weighted by Gasteiger charge is 2.41. The van der Waals surface area contributed by atoms with E-state index in [1.165, 1.54) is 5.56 Å². The first-order valence-corrected chi connectivity index (χ1v) is 8.33. The van der Waals surface area contributed by atoms with Crippen molar-refractivity contribution in [1.29, 1.82) is 0 Å². The second-order valence-corrected chi connectivity index (χ2v) is 6.57.